The van der Waals surface area contributed by atoms with Gasteiger partial charge in [0.1, 0.15) is 0 Å². The minimum Gasteiger partial charge on any atom is -0.266 e. The van der Waals surface area contributed by atoms with Crippen molar-refractivity contribution in [2.75, 3.05) is 10.8 Å². The zero-order chi connectivity index (χ0) is 15.9. The van der Waals surface area contributed by atoms with Gasteiger partial charge in [0, 0.05) is 6.54 Å². The molecule has 0 spiro atoms. The Labute approximate surface area is 132 Å². The van der Waals surface area contributed by atoms with Crippen LogP contribution in [0.5, 0.6) is 0 Å². The minimum absolute atomic E-state index is 0.379. The van der Waals surface area contributed by atoms with Crippen molar-refractivity contribution in [1.82, 2.24) is 0 Å². The minimum atomic E-state index is -3.49. The average molecular weight is 315 g/mol. The van der Waals surface area contributed by atoms with Gasteiger partial charge in [0.25, 0.3) is 10.0 Å². The molecular weight excluding hydrogens is 294 g/mol. The monoisotopic (exact) mass is 315 g/mol. The molecule has 0 amide bonds. The zero-order valence-electron chi connectivity index (χ0n) is 13.3. The van der Waals surface area contributed by atoms with E-state index in [2.05, 4.69) is 6.07 Å². The molecule has 0 fully saturated rings. The number of hydrogen-bond acceptors (Lipinski definition) is 2. The largest absolute Gasteiger partial charge is 0.266 e. The molecule has 0 saturated heterocycles. The van der Waals surface area contributed by atoms with Crippen molar-refractivity contribution in [2.45, 2.75) is 38.5 Å². The summed E-state index contributed by atoms with van der Waals surface area (Å²) in [5.41, 5.74) is 5.23. The van der Waals surface area contributed by atoms with Crippen LogP contribution >= 0.6 is 0 Å². The van der Waals surface area contributed by atoms with Crippen LogP contribution < -0.4 is 4.31 Å². The van der Waals surface area contributed by atoms with Gasteiger partial charge in [0.15, 0.2) is 0 Å². The topological polar surface area (TPSA) is 37.4 Å². The Hall–Kier alpha value is -1.81. The number of nitrogens with zero attached hydrogens (tertiary/aromatic N) is 1. The number of sulfonamides is 1. The quantitative estimate of drug-likeness (QED) is 0.846. The molecule has 0 unspecified atom stereocenters. The lowest BCUT2D eigenvalue weighted by atomic mass is 10.0. The van der Waals surface area contributed by atoms with Crippen LogP contribution in [-0.2, 0) is 16.4 Å². The Balaban J connectivity index is 2.09. The molecule has 0 N–H and O–H groups in total. The third kappa shape index (κ3) is 2.52. The van der Waals surface area contributed by atoms with Gasteiger partial charge >= 0.3 is 0 Å². The zero-order valence-corrected chi connectivity index (χ0v) is 14.1. The molecule has 0 aromatic heterocycles. The SMILES string of the molecule is Cc1ccc2c(c1)CCCN2S(=O)(=O)c1ccc(C)c(C)c1. The van der Waals surface area contributed by atoms with Gasteiger partial charge in [-0.15, -0.1) is 0 Å². The van der Waals surface area contributed by atoms with E-state index >= 15 is 0 Å². The molecule has 116 valence electrons. The van der Waals surface area contributed by atoms with Crippen LogP contribution in [0.1, 0.15) is 28.7 Å². The molecule has 3 rings (SSSR count). The maximum atomic E-state index is 13.0. The second-order valence-electron chi connectivity index (χ2n) is 6.06. The normalized spacial score (nSPS) is 14.8. The number of anilines is 1. The molecule has 2 aromatic rings. The summed E-state index contributed by atoms with van der Waals surface area (Å²) in [6, 6.07) is 11.4. The molecule has 0 radical (unpaired) electrons. The molecule has 2 aromatic carbocycles. The predicted octanol–water partition coefficient (Wildman–Crippen LogP) is 3.75. The van der Waals surface area contributed by atoms with E-state index in [4.69, 9.17) is 0 Å². The van der Waals surface area contributed by atoms with Crippen molar-refractivity contribution in [1.29, 1.82) is 0 Å². The first-order valence-electron chi connectivity index (χ1n) is 7.59. The van der Waals surface area contributed by atoms with E-state index < -0.39 is 10.0 Å². The van der Waals surface area contributed by atoms with Crippen molar-refractivity contribution in [3.63, 3.8) is 0 Å². The molecule has 4 heteroatoms. The van der Waals surface area contributed by atoms with E-state index in [1.54, 1.807) is 16.4 Å². The highest BCUT2D eigenvalue weighted by Crippen LogP contribution is 2.32. The Morgan fingerprint density at radius 1 is 0.955 bits per heavy atom. The Bertz CT molecular complexity index is 825. The highest BCUT2D eigenvalue weighted by molar-refractivity contribution is 7.92. The lowest BCUT2D eigenvalue weighted by molar-refractivity contribution is 0.586. The van der Waals surface area contributed by atoms with Crippen LogP contribution in [0.15, 0.2) is 41.3 Å². The number of aryl methyl sites for hydroxylation is 4. The van der Waals surface area contributed by atoms with Gasteiger partial charge in [-0.1, -0.05) is 23.8 Å². The maximum absolute atomic E-state index is 13.0. The van der Waals surface area contributed by atoms with Crippen molar-refractivity contribution in [3.05, 3.63) is 58.7 Å². The molecule has 0 aliphatic carbocycles. The van der Waals surface area contributed by atoms with Crippen LogP contribution in [0, 0.1) is 20.8 Å². The highest BCUT2D eigenvalue weighted by atomic mass is 32.2. The van der Waals surface area contributed by atoms with Crippen LogP contribution in [0.25, 0.3) is 0 Å². The fraction of sp³-hybridized carbons (Fsp3) is 0.333. The number of rotatable bonds is 2. The van der Waals surface area contributed by atoms with E-state index in [1.807, 2.05) is 39.0 Å². The maximum Gasteiger partial charge on any atom is 0.264 e. The summed E-state index contributed by atoms with van der Waals surface area (Å²) in [6.07, 6.45) is 1.80. The Morgan fingerprint density at radius 3 is 2.45 bits per heavy atom. The molecule has 1 aliphatic heterocycles. The molecule has 0 saturated carbocycles. The second-order valence-corrected chi connectivity index (χ2v) is 7.92. The Morgan fingerprint density at radius 2 is 1.73 bits per heavy atom. The lowest BCUT2D eigenvalue weighted by Gasteiger charge is -2.31. The van der Waals surface area contributed by atoms with Crippen LogP contribution in [-0.4, -0.2) is 15.0 Å². The van der Waals surface area contributed by atoms with Gasteiger partial charge < -0.3 is 0 Å². The first kappa shape index (κ1) is 15.1. The molecule has 3 nitrogen and oxygen atoms in total. The second kappa shape index (κ2) is 5.43. The smallest absolute Gasteiger partial charge is 0.264 e. The molecule has 22 heavy (non-hydrogen) atoms. The number of benzene rings is 2. The van der Waals surface area contributed by atoms with E-state index in [-0.39, 0.29) is 0 Å². The molecular formula is C18H21NO2S. The lowest BCUT2D eigenvalue weighted by Crippen LogP contribution is -2.35. The fourth-order valence-electron chi connectivity index (χ4n) is 2.94. The summed E-state index contributed by atoms with van der Waals surface area (Å²) in [4.78, 5) is 0.379. The van der Waals surface area contributed by atoms with Crippen molar-refractivity contribution >= 4 is 15.7 Å². The van der Waals surface area contributed by atoms with Gasteiger partial charge in [-0.25, -0.2) is 8.42 Å². The summed E-state index contributed by atoms with van der Waals surface area (Å²) < 4.78 is 27.6. The number of fused-ring (bicyclic) bond motifs is 1. The van der Waals surface area contributed by atoms with Gasteiger partial charge in [-0.2, -0.15) is 0 Å². The van der Waals surface area contributed by atoms with E-state index in [1.165, 1.54) is 5.56 Å². The van der Waals surface area contributed by atoms with Crippen LogP contribution in [0.2, 0.25) is 0 Å². The summed E-state index contributed by atoms with van der Waals surface area (Å²) in [7, 11) is -3.49. The fourth-order valence-corrected chi connectivity index (χ4v) is 4.57. The molecule has 1 aliphatic rings. The van der Waals surface area contributed by atoms with Gasteiger partial charge in [-0.3, -0.25) is 4.31 Å². The molecule has 1 heterocycles. The summed E-state index contributed by atoms with van der Waals surface area (Å²) in [5, 5.41) is 0. The average Bonchev–Trinajstić information content (AvgIpc) is 2.49. The van der Waals surface area contributed by atoms with Crippen LogP contribution in [0.4, 0.5) is 5.69 Å². The first-order valence-corrected chi connectivity index (χ1v) is 9.03. The van der Waals surface area contributed by atoms with Crippen molar-refractivity contribution < 1.29 is 8.42 Å². The number of hydrogen-bond donors (Lipinski definition) is 0. The van der Waals surface area contributed by atoms with Gasteiger partial charge in [-0.05, 0) is 68.5 Å². The van der Waals surface area contributed by atoms with Crippen molar-refractivity contribution in [3.8, 4) is 0 Å². The molecule has 0 bridgehead atoms. The van der Waals surface area contributed by atoms with Gasteiger partial charge in [0.2, 0.25) is 0 Å². The predicted molar refractivity (Wildman–Crippen MR) is 89.9 cm³/mol. The van der Waals surface area contributed by atoms with Crippen molar-refractivity contribution in [2.24, 2.45) is 0 Å². The Kier molecular flexibility index (Phi) is 3.73. The van der Waals surface area contributed by atoms with E-state index in [0.717, 1.165) is 35.2 Å². The standard InChI is InChI=1S/C18H21NO2S/c1-13-6-9-18-16(11-13)5-4-10-19(18)22(20,21)17-8-7-14(2)15(3)12-17/h6-9,11-12H,4-5,10H2,1-3H3. The summed E-state index contributed by atoms with van der Waals surface area (Å²) in [5.74, 6) is 0. The van der Waals surface area contributed by atoms with Crippen LogP contribution in [0.3, 0.4) is 0 Å². The third-order valence-electron chi connectivity index (χ3n) is 4.38. The van der Waals surface area contributed by atoms with E-state index in [9.17, 15) is 8.42 Å². The third-order valence-corrected chi connectivity index (χ3v) is 6.19. The van der Waals surface area contributed by atoms with Gasteiger partial charge in [0.05, 0.1) is 10.6 Å². The molecule has 0 atom stereocenters. The highest BCUT2D eigenvalue weighted by Gasteiger charge is 2.29. The first-order chi connectivity index (χ1) is 10.4. The summed E-state index contributed by atoms with van der Waals surface area (Å²) >= 11 is 0. The summed E-state index contributed by atoms with van der Waals surface area (Å²) in [6.45, 7) is 6.52. The van der Waals surface area contributed by atoms with E-state index in [0.29, 0.717) is 11.4 Å².